The summed E-state index contributed by atoms with van der Waals surface area (Å²) in [5, 5.41) is 4.29. The molecule has 2 N–H and O–H groups in total. The molecule has 0 saturated carbocycles. The molecule has 1 aromatic heterocycles. The van der Waals surface area contributed by atoms with Crippen molar-refractivity contribution in [1.82, 2.24) is 14.7 Å². The molecule has 1 aromatic rings. The van der Waals surface area contributed by atoms with E-state index in [0.717, 1.165) is 18.7 Å². The van der Waals surface area contributed by atoms with Gasteiger partial charge >= 0.3 is 0 Å². The molecule has 2 heterocycles. The van der Waals surface area contributed by atoms with Crippen molar-refractivity contribution in [2.45, 2.75) is 45.9 Å². The van der Waals surface area contributed by atoms with E-state index >= 15 is 0 Å². The molecule has 2 unspecified atom stereocenters. The van der Waals surface area contributed by atoms with Crippen LogP contribution in [0.2, 0.25) is 0 Å². The number of nitrogens with zero attached hydrogens (tertiary/aromatic N) is 3. The summed E-state index contributed by atoms with van der Waals surface area (Å²) in [7, 11) is 0. The lowest BCUT2D eigenvalue weighted by atomic mass is 10.1. The molecule has 1 saturated heterocycles. The standard InChI is InChI=1S/C14H24N4O2/c1-10-8-17(9-11(2)20-10)14(19)13-7-16-18(12(13)3)6-4-5-15/h7,10-11H,4-6,8-9,15H2,1-3H3. The maximum atomic E-state index is 12.6. The first-order valence-corrected chi connectivity index (χ1v) is 7.20. The van der Waals surface area contributed by atoms with Crippen LogP contribution in [-0.4, -0.2) is 52.4 Å². The molecule has 2 rings (SSSR count). The molecule has 6 heteroatoms. The Kier molecular flexibility index (Phi) is 4.77. The number of hydrogen-bond acceptors (Lipinski definition) is 4. The highest BCUT2D eigenvalue weighted by Crippen LogP contribution is 2.16. The first-order chi connectivity index (χ1) is 9.52. The number of carbonyl (C=O) groups excluding carboxylic acids is 1. The van der Waals surface area contributed by atoms with Gasteiger partial charge in [-0.15, -0.1) is 0 Å². The molecule has 20 heavy (non-hydrogen) atoms. The van der Waals surface area contributed by atoms with Crippen LogP contribution in [0.4, 0.5) is 0 Å². The molecule has 112 valence electrons. The van der Waals surface area contributed by atoms with Gasteiger partial charge in [0.15, 0.2) is 0 Å². The SMILES string of the molecule is Cc1c(C(=O)N2CC(C)OC(C)C2)cnn1CCCN. The number of carbonyl (C=O) groups is 1. The predicted molar refractivity (Wildman–Crippen MR) is 76.5 cm³/mol. The topological polar surface area (TPSA) is 73.4 Å². The summed E-state index contributed by atoms with van der Waals surface area (Å²) >= 11 is 0. The maximum Gasteiger partial charge on any atom is 0.257 e. The number of hydrogen-bond donors (Lipinski definition) is 1. The van der Waals surface area contributed by atoms with Crippen molar-refractivity contribution in [2.75, 3.05) is 19.6 Å². The molecule has 1 aliphatic rings. The van der Waals surface area contributed by atoms with Crippen molar-refractivity contribution in [1.29, 1.82) is 0 Å². The Balaban J connectivity index is 2.10. The van der Waals surface area contributed by atoms with Crippen LogP contribution in [0.25, 0.3) is 0 Å². The lowest BCUT2D eigenvalue weighted by Gasteiger charge is -2.35. The molecule has 6 nitrogen and oxygen atoms in total. The van der Waals surface area contributed by atoms with Gasteiger partial charge in [0.2, 0.25) is 0 Å². The molecule has 1 amide bonds. The largest absolute Gasteiger partial charge is 0.372 e. The van der Waals surface area contributed by atoms with E-state index in [0.29, 0.717) is 25.2 Å². The van der Waals surface area contributed by atoms with E-state index in [4.69, 9.17) is 10.5 Å². The van der Waals surface area contributed by atoms with Gasteiger partial charge in [0.1, 0.15) is 0 Å². The van der Waals surface area contributed by atoms with E-state index < -0.39 is 0 Å². The van der Waals surface area contributed by atoms with Crippen molar-refractivity contribution >= 4 is 5.91 Å². The van der Waals surface area contributed by atoms with E-state index in [9.17, 15) is 4.79 Å². The fourth-order valence-electron chi connectivity index (χ4n) is 2.64. The van der Waals surface area contributed by atoms with Crippen molar-refractivity contribution in [3.63, 3.8) is 0 Å². The van der Waals surface area contributed by atoms with Crippen molar-refractivity contribution in [3.05, 3.63) is 17.5 Å². The van der Waals surface area contributed by atoms with Crippen LogP contribution in [0.15, 0.2) is 6.20 Å². The van der Waals surface area contributed by atoms with Crippen LogP contribution in [0.5, 0.6) is 0 Å². The highest BCUT2D eigenvalue weighted by atomic mass is 16.5. The molecule has 2 atom stereocenters. The zero-order valence-corrected chi connectivity index (χ0v) is 12.5. The number of aromatic nitrogens is 2. The quantitative estimate of drug-likeness (QED) is 0.885. The average Bonchev–Trinajstić information content (AvgIpc) is 2.75. The first kappa shape index (κ1) is 15.0. The number of ether oxygens (including phenoxy) is 1. The Morgan fingerprint density at radius 3 is 2.70 bits per heavy atom. The minimum atomic E-state index is 0.0449. The summed E-state index contributed by atoms with van der Waals surface area (Å²) in [6.45, 7) is 8.57. The van der Waals surface area contributed by atoms with Gasteiger partial charge in [-0.2, -0.15) is 5.10 Å². The summed E-state index contributed by atoms with van der Waals surface area (Å²) in [4.78, 5) is 14.4. The van der Waals surface area contributed by atoms with Crippen LogP contribution < -0.4 is 5.73 Å². The smallest absolute Gasteiger partial charge is 0.257 e. The highest BCUT2D eigenvalue weighted by molar-refractivity contribution is 5.95. The Morgan fingerprint density at radius 1 is 1.45 bits per heavy atom. The third-order valence-corrected chi connectivity index (χ3v) is 3.61. The Hall–Kier alpha value is -1.40. The molecular weight excluding hydrogens is 256 g/mol. The Bertz CT molecular complexity index is 462. The Labute approximate surface area is 119 Å². The number of morpholine rings is 1. The monoisotopic (exact) mass is 280 g/mol. The molecule has 0 spiro atoms. The van der Waals surface area contributed by atoms with Gasteiger partial charge in [-0.1, -0.05) is 0 Å². The van der Waals surface area contributed by atoms with Gasteiger partial charge in [-0.3, -0.25) is 9.48 Å². The minimum absolute atomic E-state index is 0.0449. The van der Waals surface area contributed by atoms with Crippen molar-refractivity contribution < 1.29 is 9.53 Å². The number of nitrogens with two attached hydrogens (primary N) is 1. The van der Waals surface area contributed by atoms with Crippen molar-refractivity contribution in [3.8, 4) is 0 Å². The number of rotatable bonds is 4. The first-order valence-electron chi connectivity index (χ1n) is 7.20. The lowest BCUT2D eigenvalue weighted by molar-refractivity contribution is -0.0586. The second-order valence-electron chi connectivity index (χ2n) is 5.48. The van der Waals surface area contributed by atoms with Crippen LogP contribution in [0, 0.1) is 6.92 Å². The fraction of sp³-hybridized carbons (Fsp3) is 0.714. The molecule has 1 fully saturated rings. The molecule has 0 aromatic carbocycles. The van der Waals surface area contributed by atoms with E-state index in [2.05, 4.69) is 5.10 Å². The normalized spacial score (nSPS) is 23.1. The molecule has 0 radical (unpaired) electrons. The van der Waals surface area contributed by atoms with E-state index in [-0.39, 0.29) is 18.1 Å². The number of aryl methyl sites for hydroxylation is 1. The van der Waals surface area contributed by atoms with Crippen LogP contribution in [0.1, 0.15) is 36.3 Å². The second-order valence-corrected chi connectivity index (χ2v) is 5.48. The summed E-state index contributed by atoms with van der Waals surface area (Å²) in [5.41, 5.74) is 7.11. The fourth-order valence-corrected chi connectivity index (χ4v) is 2.64. The predicted octanol–water partition coefficient (Wildman–Crippen LogP) is 0.790. The van der Waals surface area contributed by atoms with E-state index in [1.165, 1.54) is 0 Å². The van der Waals surface area contributed by atoms with Crippen LogP contribution in [-0.2, 0) is 11.3 Å². The summed E-state index contributed by atoms with van der Waals surface area (Å²) in [5.74, 6) is 0.0449. The van der Waals surface area contributed by atoms with Gasteiger partial charge in [-0.05, 0) is 33.7 Å². The van der Waals surface area contributed by atoms with Crippen molar-refractivity contribution in [2.24, 2.45) is 5.73 Å². The molecular formula is C14H24N4O2. The lowest BCUT2D eigenvalue weighted by Crippen LogP contribution is -2.48. The van der Waals surface area contributed by atoms with Gasteiger partial charge in [0.25, 0.3) is 5.91 Å². The van der Waals surface area contributed by atoms with Gasteiger partial charge in [0, 0.05) is 25.3 Å². The second kappa shape index (κ2) is 6.37. The van der Waals surface area contributed by atoms with Crippen LogP contribution >= 0.6 is 0 Å². The third kappa shape index (κ3) is 3.19. The number of amides is 1. The summed E-state index contributed by atoms with van der Waals surface area (Å²) in [6, 6.07) is 0. The minimum Gasteiger partial charge on any atom is -0.372 e. The van der Waals surface area contributed by atoms with Gasteiger partial charge in [-0.25, -0.2) is 0 Å². The van der Waals surface area contributed by atoms with Crippen LogP contribution in [0.3, 0.4) is 0 Å². The zero-order chi connectivity index (χ0) is 14.7. The molecule has 1 aliphatic heterocycles. The zero-order valence-electron chi connectivity index (χ0n) is 12.5. The average molecular weight is 280 g/mol. The Morgan fingerprint density at radius 2 is 2.10 bits per heavy atom. The summed E-state index contributed by atoms with van der Waals surface area (Å²) < 4.78 is 7.52. The van der Waals surface area contributed by atoms with E-state index in [1.54, 1.807) is 6.20 Å². The van der Waals surface area contributed by atoms with E-state index in [1.807, 2.05) is 30.4 Å². The maximum absolute atomic E-state index is 12.6. The third-order valence-electron chi connectivity index (χ3n) is 3.61. The molecule has 0 aliphatic carbocycles. The highest BCUT2D eigenvalue weighted by Gasteiger charge is 2.28. The van der Waals surface area contributed by atoms with Gasteiger partial charge < -0.3 is 15.4 Å². The molecule has 0 bridgehead atoms. The van der Waals surface area contributed by atoms with Gasteiger partial charge in [0.05, 0.1) is 24.0 Å². The summed E-state index contributed by atoms with van der Waals surface area (Å²) in [6.07, 6.45) is 2.69.